The Kier molecular flexibility index (Phi) is 5.16. The van der Waals surface area contributed by atoms with E-state index < -0.39 is 0 Å². The molecule has 0 aliphatic carbocycles. The van der Waals surface area contributed by atoms with E-state index in [1.807, 2.05) is 17.9 Å². The molecule has 1 aliphatic rings. The van der Waals surface area contributed by atoms with Gasteiger partial charge in [0.2, 0.25) is 0 Å². The molecule has 2 N–H and O–H groups in total. The highest BCUT2D eigenvalue weighted by Gasteiger charge is 2.19. The van der Waals surface area contributed by atoms with E-state index in [0.29, 0.717) is 6.10 Å². The van der Waals surface area contributed by atoms with Gasteiger partial charge in [-0.25, -0.2) is 0 Å². The Morgan fingerprint density at radius 3 is 2.83 bits per heavy atom. The molecule has 5 heteroatoms. The molecule has 0 aromatic carbocycles. The van der Waals surface area contributed by atoms with E-state index in [9.17, 15) is 0 Å². The fraction of sp³-hybridized carbons (Fsp3) is 0.769. The first kappa shape index (κ1) is 13.5. The number of nitrogens with two attached hydrogens (primary N) is 1. The van der Waals surface area contributed by atoms with E-state index in [-0.39, 0.29) is 0 Å². The summed E-state index contributed by atoms with van der Waals surface area (Å²) < 4.78 is 7.66. The number of rotatable bonds is 6. The van der Waals surface area contributed by atoms with Gasteiger partial charge in [-0.2, -0.15) is 5.10 Å². The molecule has 0 amide bonds. The molecule has 1 aliphatic heterocycles. The van der Waals surface area contributed by atoms with Crippen LogP contribution in [0.25, 0.3) is 0 Å². The van der Waals surface area contributed by atoms with Gasteiger partial charge in [0.25, 0.3) is 0 Å². The number of ether oxygens (including phenoxy) is 1. The summed E-state index contributed by atoms with van der Waals surface area (Å²) in [4.78, 5) is 2.47. The van der Waals surface area contributed by atoms with Gasteiger partial charge in [0.15, 0.2) is 0 Å². The van der Waals surface area contributed by atoms with Crippen molar-refractivity contribution in [2.75, 3.05) is 26.2 Å². The smallest absolute Gasteiger partial charge is 0.0599 e. The Hall–Kier alpha value is -0.910. The van der Waals surface area contributed by atoms with Crippen molar-refractivity contribution in [1.29, 1.82) is 0 Å². The molecule has 5 nitrogen and oxygen atoms in total. The van der Waals surface area contributed by atoms with Crippen LogP contribution in [0.5, 0.6) is 0 Å². The van der Waals surface area contributed by atoms with Gasteiger partial charge in [0.1, 0.15) is 0 Å². The zero-order valence-corrected chi connectivity index (χ0v) is 11.2. The fourth-order valence-electron chi connectivity index (χ4n) is 2.38. The van der Waals surface area contributed by atoms with Crippen molar-refractivity contribution in [1.82, 2.24) is 14.7 Å². The number of aryl methyl sites for hydroxylation is 1. The Morgan fingerprint density at radius 2 is 2.22 bits per heavy atom. The quantitative estimate of drug-likeness (QED) is 0.759. The summed E-state index contributed by atoms with van der Waals surface area (Å²) in [6.45, 7) is 4.76. The third-order valence-corrected chi connectivity index (χ3v) is 3.40. The van der Waals surface area contributed by atoms with Crippen LogP contribution in [-0.2, 0) is 18.3 Å². The predicted molar refractivity (Wildman–Crippen MR) is 71.1 cm³/mol. The van der Waals surface area contributed by atoms with Crippen molar-refractivity contribution >= 4 is 0 Å². The first-order valence-electron chi connectivity index (χ1n) is 6.79. The van der Waals surface area contributed by atoms with E-state index in [0.717, 1.165) is 52.0 Å². The Morgan fingerprint density at radius 1 is 1.44 bits per heavy atom. The van der Waals surface area contributed by atoms with Crippen molar-refractivity contribution in [3.05, 3.63) is 18.0 Å². The van der Waals surface area contributed by atoms with E-state index in [4.69, 9.17) is 10.5 Å². The Balaban J connectivity index is 1.67. The van der Waals surface area contributed by atoms with Crippen molar-refractivity contribution in [3.8, 4) is 0 Å². The van der Waals surface area contributed by atoms with Crippen LogP contribution in [0.4, 0.5) is 0 Å². The van der Waals surface area contributed by atoms with Crippen LogP contribution in [0.2, 0.25) is 0 Å². The monoisotopic (exact) mass is 252 g/mol. The first-order valence-corrected chi connectivity index (χ1v) is 6.79. The maximum absolute atomic E-state index is 5.80. The zero-order valence-electron chi connectivity index (χ0n) is 11.2. The number of likely N-dealkylation sites (tertiary alicyclic amines) is 1. The number of nitrogens with zero attached hydrogens (tertiary/aromatic N) is 3. The van der Waals surface area contributed by atoms with Crippen LogP contribution in [0.3, 0.4) is 0 Å². The second-order valence-electron chi connectivity index (χ2n) is 5.01. The van der Waals surface area contributed by atoms with Crippen LogP contribution in [-0.4, -0.2) is 47.0 Å². The average Bonchev–Trinajstić information content (AvgIpc) is 2.77. The molecule has 0 radical (unpaired) electrons. The Bertz CT molecular complexity index is 345. The molecule has 2 rings (SSSR count). The third-order valence-electron chi connectivity index (χ3n) is 3.40. The summed E-state index contributed by atoms with van der Waals surface area (Å²) >= 11 is 0. The van der Waals surface area contributed by atoms with Gasteiger partial charge in [0, 0.05) is 45.0 Å². The van der Waals surface area contributed by atoms with E-state index in [1.54, 1.807) is 0 Å². The van der Waals surface area contributed by atoms with E-state index in [2.05, 4.69) is 16.2 Å². The molecule has 0 unspecified atom stereocenters. The summed E-state index contributed by atoms with van der Waals surface area (Å²) in [6.07, 6.45) is 7.70. The van der Waals surface area contributed by atoms with Crippen molar-refractivity contribution in [2.24, 2.45) is 12.8 Å². The molecule has 0 bridgehead atoms. The SMILES string of the molecule is Cn1cc(CN2CCC(OCCCN)CC2)cn1. The number of hydrogen-bond acceptors (Lipinski definition) is 4. The standard InChI is InChI=1S/C13H24N4O/c1-16-10-12(9-15-16)11-17-6-3-13(4-7-17)18-8-2-5-14/h9-10,13H,2-8,11,14H2,1H3. The molecular formula is C13H24N4O. The van der Waals surface area contributed by atoms with Gasteiger partial charge < -0.3 is 10.5 Å². The molecule has 0 spiro atoms. The van der Waals surface area contributed by atoms with Crippen LogP contribution in [0.1, 0.15) is 24.8 Å². The molecule has 1 aromatic rings. The lowest BCUT2D eigenvalue weighted by Gasteiger charge is -2.31. The third kappa shape index (κ3) is 4.08. The van der Waals surface area contributed by atoms with Gasteiger partial charge in [-0.3, -0.25) is 9.58 Å². The fourth-order valence-corrected chi connectivity index (χ4v) is 2.38. The van der Waals surface area contributed by atoms with Crippen LogP contribution in [0.15, 0.2) is 12.4 Å². The second-order valence-corrected chi connectivity index (χ2v) is 5.01. The van der Waals surface area contributed by atoms with Crippen LogP contribution in [0, 0.1) is 0 Å². The van der Waals surface area contributed by atoms with Crippen molar-refractivity contribution in [3.63, 3.8) is 0 Å². The van der Waals surface area contributed by atoms with Gasteiger partial charge in [-0.15, -0.1) is 0 Å². The second kappa shape index (κ2) is 6.87. The van der Waals surface area contributed by atoms with Gasteiger partial charge in [-0.1, -0.05) is 0 Å². The molecule has 102 valence electrons. The van der Waals surface area contributed by atoms with Crippen LogP contribution < -0.4 is 5.73 Å². The minimum absolute atomic E-state index is 0.432. The minimum Gasteiger partial charge on any atom is -0.378 e. The minimum atomic E-state index is 0.432. The predicted octanol–water partition coefficient (Wildman–Crippen LogP) is 0.750. The van der Waals surface area contributed by atoms with E-state index in [1.165, 1.54) is 5.56 Å². The number of aromatic nitrogens is 2. The molecule has 0 saturated carbocycles. The van der Waals surface area contributed by atoms with Crippen molar-refractivity contribution in [2.45, 2.75) is 31.9 Å². The lowest BCUT2D eigenvalue weighted by atomic mass is 10.1. The number of piperidine rings is 1. The highest BCUT2D eigenvalue weighted by Crippen LogP contribution is 2.16. The molecule has 2 heterocycles. The lowest BCUT2D eigenvalue weighted by Crippen LogP contribution is -2.36. The topological polar surface area (TPSA) is 56.3 Å². The average molecular weight is 252 g/mol. The maximum atomic E-state index is 5.80. The lowest BCUT2D eigenvalue weighted by molar-refractivity contribution is 0.00563. The maximum Gasteiger partial charge on any atom is 0.0599 e. The van der Waals surface area contributed by atoms with Gasteiger partial charge in [0.05, 0.1) is 12.3 Å². The largest absolute Gasteiger partial charge is 0.378 e. The first-order chi connectivity index (χ1) is 8.78. The summed E-state index contributed by atoms with van der Waals surface area (Å²) in [7, 11) is 1.96. The van der Waals surface area contributed by atoms with Gasteiger partial charge >= 0.3 is 0 Å². The van der Waals surface area contributed by atoms with E-state index >= 15 is 0 Å². The molecule has 0 atom stereocenters. The normalized spacial score (nSPS) is 18.3. The number of hydrogen-bond donors (Lipinski definition) is 1. The van der Waals surface area contributed by atoms with Gasteiger partial charge in [-0.05, 0) is 25.8 Å². The zero-order chi connectivity index (χ0) is 12.8. The summed E-state index contributed by atoms with van der Waals surface area (Å²) in [6, 6.07) is 0. The highest BCUT2D eigenvalue weighted by molar-refractivity contribution is 5.03. The molecule has 1 aromatic heterocycles. The Labute approximate surface area is 109 Å². The molecule has 1 saturated heterocycles. The highest BCUT2D eigenvalue weighted by atomic mass is 16.5. The summed E-state index contributed by atoms with van der Waals surface area (Å²) in [5.74, 6) is 0. The summed E-state index contributed by atoms with van der Waals surface area (Å²) in [5, 5.41) is 4.20. The van der Waals surface area contributed by atoms with Crippen LogP contribution >= 0.6 is 0 Å². The summed E-state index contributed by atoms with van der Waals surface area (Å²) in [5.41, 5.74) is 6.75. The molecule has 18 heavy (non-hydrogen) atoms. The van der Waals surface area contributed by atoms with Crippen molar-refractivity contribution < 1.29 is 4.74 Å². The molecular weight excluding hydrogens is 228 g/mol. The molecule has 1 fully saturated rings.